The minimum atomic E-state index is -3.86. The number of methoxy groups -OCH3 is 2. The SMILES string of the molecule is CCN(CC)S(=O)(=O)c1cc(C(=O)OCC(=O)c2ccc(OC)cc2)ccc1OC. The number of hydrogen-bond acceptors (Lipinski definition) is 7. The van der Waals surface area contributed by atoms with Crippen LogP contribution >= 0.6 is 0 Å². The van der Waals surface area contributed by atoms with Gasteiger partial charge in [0.05, 0.1) is 19.8 Å². The van der Waals surface area contributed by atoms with Gasteiger partial charge in [-0.05, 0) is 42.5 Å². The number of ether oxygens (including phenoxy) is 3. The molecule has 0 aliphatic carbocycles. The Morgan fingerprint density at radius 2 is 1.50 bits per heavy atom. The van der Waals surface area contributed by atoms with Crippen LogP contribution in [0.4, 0.5) is 0 Å². The number of benzene rings is 2. The van der Waals surface area contributed by atoms with Gasteiger partial charge in [0.1, 0.15) is 16.4 Å². The molecule has 0 amide bonds. The summed E-state index contributed by atoms with van der Waals surface area (Å²) in [5, 5.41) is 0. The fourth-order valence-electron chi connectivity index (χ4n) is 2.78. The third kappa shape index (κ3) is 5.17. The van der Waals surface area contributed by atoms with Crippen molar-refractivity contribution in [3.63, 3.8) is 0 Å². The topological polar surface area (TPSA) is 99.2 Å². The Hall–Kier alpha value is -2.91. The monoisotopic (exact) mass is 435 g/mol. The lowest BCUT2D eigenvalue weighted by atomic mass is 10.1. The summed E-state index contributed by atoms with van der Waals surface area (Å²) in [6, 6.07) is 10.4. The molecule has 0 bridgehead atoms. The molecular formula is C21H25NO7S. The van der Waals surface area contributed by atoms with Gasteiger partial charge in [-0.1, -0.05) is 13.8 Å². The Balaban J connectivity index is 2.20. The largest absolute Gasteiger partial charge is 0.497 e. The van der Waals surface area contributed by atoms with E-state index < -0.39 is 28.4 Å². The summed E-state index contributed by atoms with van der Waals surface area (Å²) in [7, 11) is -0.994. The first-order valence-electron chi connectivity index (χ1n) is 9.31. The molecule has 2 rings (SSSR count). The standard InChI is InChI=1S/C21H25NO7S/c1-5-22(6-2)30(25,26)20-13-16(9-12-19(20)28-4)21(24)29-14-18(23)15-7-10-17(27-3)11-8-15/h7-13H,5-6,14H2,1-4H3. The number of esters is 1. The first-order valence-corrected chi connectivity index (χ1v) is 10.7. The van der Waals surface area contributed by atoms with Crippen molar-refractivity contribution in [2.75, 3.05) is 33.9 Å². The molecule has 0 atom stereocenters. The zero-order chi connectivity index (χ0) is 22.3. The third-order valence-corrected chi connectivity index (χ3v) is 6.54. The smallest absolute Gasteiger partial charge is 0.338 e. The van der Waals surface area contributed by atoms with Crippen LogP contribution in [0.15, 0.2) is 47.4 Å². The maximum atomic E-state index is 12.9. The van der Waals surface area contributed by atoms with Crippen molar-refractivity contribution in [2.24, 2.45) is 0 Å². The van der Waals surface area contributed by atoms with E-state index in [1.165, 1.54) is 36.7 Å². The number of rotatable bonds is 10. The lowest BCUT2D eigenvalue weighted by Crippen LogP contribution is -2.31. The second-order valence-electron chi connectivity index (χ2n) is 6.18. The highest BCUT2D eigenvalue weighted by Gasteiger charge is 2.27. The van der Waals surface area contributed by atoms with Gasteiger partial charge in [0.15, 0.2) is 12.4 Å². The van der Waals surface area contributed by atoms with Crippen LogP contribution in [0.2, 0.25) is 0 Å². The first kappa shape index (κ1) is 23.4. The molecule has 0 fully saturated rings. The second-order valence-corrected chi connectivity index (χ2v) is 8.09. The summed E-state index contributed by atoms with van der Waals surface area (Å²) in [6.45, 7) is 3.50. The highest BCUT2D eigenvalue weighted by molar-refractivity contribution is 7.89. The van der Waals surface area contributed by atoms with Gasteiger partial charge in [-0.15, -0.1) is 0 Å². The fraction of sp³-hybridized carbons (Fsp3) is 0.333. The molecule has 0 saturated heterocycles. The molecule has 0 saturated carbocycles. The van der Waals surface area contributed by atoms with Crippen molar-refractivity contribution in [3.8, 4) is 11.5 Å². The molecule has 0 aliphatic rings. The van der Waals surface area contributed by atoms with Gasteiger partial charge < -0.3 is 14.2 Å². The normalized spacial score (nSPS) is 11.2. The van der Waals surface area contributed by atoms with E-state index in [4.69, 9.17) is 14.2 Å². The van der Waals surface area contributed by atoms with Crippen LogP contribution in [0, 0.1) is 0 Å². The van der Waals surface area contributed by atoms with Crippen LogP contribution in [0.25, 0.3) is 0 Å². The van der Waals surface area contributed by atoms with E-state index in [-0.39, 0.29) is 29.3 Å². The van der Waals surface area contributed by atoms with E-state index in [1.54, 1.807) is 38.1 Å². The number of nitrogens with zero attached hydrogens (tertiary/aromatic N) is 1. The van der Waals surface area contributed by atoms with Crippen molar-refractivity contribution in [1.82, 2.24) is 4.31 Å². The molecule has 8 nitrogen and oxygen atoms in total. The van der Waals surface area contributed by atoms with Crippen molar-refractivity contribution in [1.29, 1.82) is 0 Å². The average molecular weight is 435 g/mol. The van der Waals surface area contributed by atoms with E-state index >= 15 is 0 Å². The Morgan fingerprint density at radius 1 is 0.900 bits per heavy atom. The molecule has 30 heavy (non-hydrogen) atoms. The highest BCUT2D eigenvalue weighted by Crippen LogP contribution is 2.28. The van der Waals surface area contributed by atoms with E-state index in [2.05, 4.69) is 0 Å². The van der Waals surface area contributed by atoms with Gasteiger partial charge in [-0.3, -0.25) is 4.79 Å². The Bertz CT molecular complexity index is 997. The lowest BCUT2D eigenvalue weighted by molar-refractivity contribution is 0.0474. The molecule has 0 N–H and O–H groups in total. The van der Waals surface area contributed by atoms with Crippen LogP contribution in [-0.4, -0.2) is 58.4 Å². The van der Waals surface area contributed by atoms with Gasteiger partial charge in [0.25, 0.3) is 0 Å². The van der Waals surface area contributed by atoms with Crippen LogP contribution in [0.1, 0.15) is 34.6 Å². The maximum Gasteiger partial charge on any atom is 0.338 e. The number of sulfonamides is 1. The summed E-state index contributed by atoms with van der Waals surface area (Å²) >= 11 is 0. The average Bonchev–Trinajstić information content (AvgIpc) is 2.77. The zero-order valence-electron chi connectivity index (χ0n) is 17.4. The summed E-state index contributed by atoms with van der Waals surface area (Å²) in [4.78, 5) is 24.5. The van der Waals surface area contributed by atoms with Crippen molar-refractivity contribution < 1.29 is 32.2 Å². The van der Waals surface area contributed by atoms with Crippen molar-refractivity contribution in [2.45, 2.75) is 18.7 Å². The second kappa shape index (κ2) is 10.2. The van der Waals surface area contributed by atoms with Crippen molar-refractivity contribution >= 4 is 21.8 Å². The van der Waals surface area contributed by atoms with E-state index in [0.717, 1.165) is 0 Å². The predicted octanol–water partition coefficient (Wildman–Crippen LogP) is 2.77. The van der Waals surface area contributed by atoms with Gasteiger partial charge >= 0.3 is 5.97 Å². The highest BCUT2D eigenvalue weighted by atomic mass is 32.2. The summed E-state index contributed by atoms with van der Waals surface area (Å²) < 4.78 is 42.3. The number of ketones is 1. The molecule has 0 radical (unpaired) electrons. The fourth-order valence-corrected chi connectivity index (χ4v) is 4.42. The minimum Gasteiger partial charge on any atom is -0.497 e. The van der Waals surface area contributed by atoms with Gasteiger partial charge in [0.2, 0.25) is 10.0 Å². The molecule has 162 valence electrons. The minimum absolute atomic E-state index is 0.00376. The van der Waals surface area contributed by atoms with Gasteiger partial charge in [0, 0.05) is 18.7 Å². The zero-order valence-corrected chi connectivity index (χ0v) is 18.2. The molecule has 0 aliphatic heterocycles. The molecule has 2 aromatic rings. The van der Waals surface area contributed by atoms with Crippen LogP contribution < -0.4 is 9.47 Å². The summed E-state index contributed by atoms with van der Waals surface area (Å²) in [6.07, 6.45) is 0. The van der Waals surface area contributed by atoms with E-state index in [0.29, 0.717) is 11.3 Å². The van der Waals surface area contributed by atoms with Gasteiger partial charge in [-0.2, -0.15) is 4.31 Å². The predicted molar refractivity (Wildman–Crippen MR) is 111 cm³/mol. The third-order valence-electron chi connectivity index (χ3n) is 4.47. The maximum absolute atomic E-state index is 12.9. The Kier molecular flexibility index (Phi) is 7.96. The Morgan fingerprint density at radius 3 is 2.03 bits per heavy atom. The van der Waals surface area contributed by atoms with Crippen LogP contribution in [0.3, 0.4) is 0 Å². The van der Waals surface area contributed by atoms with Crippen LogP contribution in [0.5, 0.6) is 11.5 Å². The first-order chi connectivity index (χ1) is 14.3. The summed E-state index contributed by atoms with van der Waals surface area (Å²) in [5.41, 5.74) is 0.368. The van der Waals surface area contributed by atoms with Gasteiger partial charge in [-0.25, -0.2) is 13.2 Å². The molecule has 0 unspecified atom stereocenters. The molecule has 0 spiro atoms. The number of Topliss-reactive ketones (excluding diaryl/α,β-unsaturated/α-hetero) is 1. The Labute approximate surface area is 176 Å². The molecule has 0 aromatic heterocycles. The van der Waals surface area contributed by atoms with E-state index in [1.807, 2.05) is 0 Å². The van der Waals surface area contributed by atoms with E-state index in [9.17, 15) is 18.0 Å². The number of carbonyl (C=O) groups excluding carboxylic acids is 2. The van der Waals surface area contributed by atoms with Crippen LogP contribution in [-0.2, 0) is 14.8 Å². The molecule has 9 heteroatoms. The number of hydrogen-bond donors (Lipinski definition) is 0. The quantitative estimate of drug-likeness (QED) is 0.418. The lowest BCUT2D eigenvalue weighted by Gasteiger charge is -2.20. The number of carbonyl (C=O) groups is 2. The summed E-state index contributed by atoms with van der Waals surface area (Å²) in [5.74, 6) is -0.484. The van der Waals surface area contributed by atoms with Crippen molar-refractivity contribution in [3.05, 3.63) is 53.6 Å². The molecular weight excluding hydrogens is 410 g/mol. The molecule has 2 aromatic carbocycles. The molecule has 0 heterocycles.